The maximum atomic E-state index is 15.7. The number of nitriles is 1. The van der Waals surface area contributed by atoms with Crippen molar-refractivity contribution in [2.24, 2.45) is 5.41 Å². The lowest BCUT2D eigenvalue weighted by Crippen LogP contribution is -2.45. The second kappa shape index (κ2) is 11.6. The van der Waals surface area contributed by atoms with Crippen LogP contribution in [0.3, 0.4) is 0 Å². The number of carbonyl (C=O) groups excluding carboxylic acids is 1. The van der Waals surface area contributed by atoms with Gasteiger partial charge in [0.1, 0.15) is 17.0 Å². The highest BCUT2D eigenvalue weighted by Crippen LogP contribution is 2.53. The Kier molecular flexibility index (Phi) is 8.68. The number of carbonyl (C=O) groups is 2. The lowest BCUT2D eigenvalue weighted by molar-refractivity contribution is -0.118. The van der Waals surface area contributed by atoms with E-state index >= 15 is 8.78 Å². The number of carboxylic acid groups (broad SMARTS) is 1. The molecule has 0 aliphatic carbocycles. The number of rotatable bonds is 6. The van der Waals surface area contributed by atoms with Crippen molar-refractivity contribution in [3.63, 3.8) is 0 Å². The number of benzene rings is 3. The number of nitrogens with zero attached hydrogens (tertiary/aromatic N) is 1. The van der Waals surface area contributed by atoms with Gasteiger partial charge in [0.05, 0.1) is 27.7 Å². The van der Waals surface area contributed by atoms with E-state index in [2.05, 4.69) is 16.7 Å². The number of halogens is 5. The molecule has 1 aliphatic rings. The summed E-state index contributed by atoms with van der Waals surface area (Å²) in [6.07, 6.45) is 0.310. The largest absolute Gasteiger partial charge is 0.478 e. The third-order valence-corrected chi connectivity index (χ3v) is 8.04. The van der Waals surface area contributed by atoms with Gasteiger partial charge in [-0.1, -0.05) is 73.8 Å². The van der Waals surface area contributed by atoms with Gasteiger partial charge in [0, 0.05) is 28.2 Å². The van der Waals surface area contributed by atoms with Gasteiger partial charge in [0.15, 0.2) is 0 Å². The van der Waals surface area contributed by atoms with Crippen molar-refractivity contribution in [2.75, 3.05) is 5.32 Å². The van der Waals surface area contributed by atoms with Crippen LogP contribution in [0.15, 0.2) is 54.6 Å². The Bertz CT molecular complexity index is 1570. The van der Waals surface area contributed by atoms with Crippen molar-refractivity contribution < 1.29 is 23.5 Å². The van der Waals surface area contributed by atoms with Crippen LogP contribution >= 0.6 is 34.8 Å². The van der Waals surface area contributed by atoms with Gasteiger partial charge in [-0.15, -0.1) is 0 Å². The molecule has 3 aromatic carbocycles. The van der Waals surface area contributed by atoms with Crippen LogP contribution in [0.1, 0.15) is 54.6 Å². The Morgan fingerprint density at radius 1 is 1.07 bits per heavy atom. The summed E-state index contributed by atoms with van der Waals surface area (Å²) >= 11 is 18.3. The van der Waals surface area contributed by atoms with E-state index in [-0.39, 0.29) is 37.4 Å². The molecule has 3 N–H and O–H groups in total. The molecule has 4 rings (SSSR count). The number of amides is 1. The minimum atomic E-state index is -1.78. The summed E-state index contributed by atoms with van der Waals surface area (Å²) in [7, 11) is 0. The molecule has 1 amide bonds. The zero-order valence-electron chi connectivity index (χ0n) is 22.2. The molecule has 6 nitrogen and oxygen atoms in total. The molecule has 0 bridgehead atoms. The average molecular weight is 621 g/mol. The second-order valence-corrected chi connectivity index (χ2v) is 12.4. The number of nitrogens with one attached hydrogen (secondary N) is 2. The topological polar surface area (TPSA) is 102 Å². The fourth-order valence-electron chi connectivity index (χ4n) is 5.54. The summed E-state index contributed by atoms with van der Waals surface area (Å²) in [5.41, 5.74) is -2.24. The fourth-order valence-corrected chi connectivity index (χ4v) is 6.15. The van der Waals surface area contributed by atoms with Crippen LogP contribution in [0.2, 0.25) is 15.1 Å². The van der Waals surface area contributed by atoms with Crippen LogP contribution in [-0.4, -0.2) is 29.1 Å². The van der Waals surface area contributed by atoms with Gasteiger partial charge < -0.3 is 15.7 Å². The average Bonchev–Trinajstić information content (AvgIpc) is 3.18. The molecule has 0 spiro atoms. The van der Waals surface area contributed by atoms with E-state index in [0.29, 0.717) is 6.42 Å². The minimum Gasteiger partial charge on any atom is -0.478 e. The third-order valence-electron chi connectivity index (χ3n) is 7.20. The Hall–Kier alpha value is -3.22. The lowest BCUT2D eigenvalue weighted by atomic mass is 9.62. The van der Waals surface area contributed by atoms with Gasteiger partial charge in [0.25, 0.3) is 0 Å². The van der Waals surface area contributed by atoms with E-state index in [4.69, 9.17) is 34.8 Å². The summed E-state index contributed by atoms with van der Waals surface area (Å²) in [6, 6.07) is 12.3. The molecule has 3 aromatic rings. The Morgan fingerprint density at radius 3 is 2.37 bits per heavy atom. The first-order chi connectivity index (χ1) is 19.2. The van der Waals surface area contributed by atoms with Crippen molar-refractivity contribution in [3.05, 3.63) is 98.0 Å². The molecule has 4 unspecified atom stereocenters. The summed E-state index contributed by atoms with van der Waals surface area (Å²) in [5, 5.41) is 25.8. The minimum absolute atomic E-state index is 0.0420. The number of anilines is 1. The molecule has 0 aromatic heterocycles. The van der Waals surface area contributed by atoms with Crippen LogP contribution in [0.5, 0.6) is 0 Å². The van der Waals surface area contributed by atoms with Gasteiger partial charge >= 0.3 is 5.97 Å². The zero-order chi connectivity index (χ0) is 30.3. The second-order valence-electron chi connectivity index (χ2n) is 11.2. The van der Waals surface area contributed by atoms with Crippen molar-refractivity contribution >= 4 is 52.4 Å². The number of hydrogen-bond acceptors (Lipinski definition) is 4. The van der Waals surface area contributed by atoms with Crippen molar-refractivity contribution in [1.29, 1.82) is 5.26 Å². The molecule has 4 atom stereocenters. The monoisotopic (exact) mass is 619 g/mol. The summed E-state index contributed by atoms with van der Waals surface area (Å²) in [5.74, 6) is -4.76. The van der Waals surface area contributed by atoms with Crippen LogP contribution in [0.25, 0.3) is 0 Å². The van der Waals surface area contributed by atoms with Gasteiger partial charge in [-0.3, -0.25) is 4.79 Å². The molecular weight excluding hydrogens is 595 g/mol. The van der Waals surface area contributed by atoms with Crippen LogP contribution in [0.4, 0.5) is 14.5 Å². The Labute approximate surface area is 251 Å². The highest BCUT2D eigenvalue weighted by atomic mass is 35.5. The first kappa shape index (κ1) is 30.7. The fraction of sp³-hybridized carbons (Fsp3) is 0.300. The molecule has 0 saturated carbocycles. The summed E-state index contributed by atoms with van der Waals surface area (Å²) in [4.78, 5) is 25.3. The quantitative estimate of drug-likeness (QED) is 0.264. The standard InChI is InChI=1S/C30H26Cl3F2N3O3/c1-29(2,3)13-23-30(14-36,19-10-7-15(31)11-22(19)34)24(18-5-4-6-20(32)25(18)35)26(38-23)27(39)37-16-8-9-17(28(40)41)21(33)12-16/h4-12,23-24,26,38H,13H2,1-3H3,(H,37,39)(H,40,41). The number of carboxylic acids is 1. The maximum Gasteiger partial charge on any atom is 0.337 e. The summed E-state index contributed by atoms with van der Waals surface area (Å²) < 4.78 is 31.4. The predicted octanol–water partition coefficient (Wildman–Crippen LogP) is 7.58. The van der Waals surface area contributed by atoms with Gasteiger partial charge in [0.2, 0.25) is 5.91 Å². The predicted molar refractivity (Wildman–Crippen MR) is 155 cm³/mol. The smallest absolute Gasteiger partial charge is 0.337 e. The van der Waals surface area contributed by atoms with Crippen molar-refractivity contribution in [2.45, 2.75) is 50.6 Å². The van der Waals surface area contributed by atoms with E-state index in [1.54, 1.807) is 0 Å². The third kappa shape index (κ3) is 5.91. The van der Waals surface area contributed by atoms with Crippen LogP contribution < -0.4 is 10.6 Å². The lowest BCUT2D eigenvalue weighted by Gasteiger charge is -2.37. The molecule has 1 heterocycles. The van der Waals surface area contributed by atoms with E-state index in [1.165, 1.54) is 48.5 Å². The Morgan fingerprint density at radius 2 is 1.78 bits per heavy atom. The number of hydrogen-bond donors (Lipinski definition) is 3. The van der Waals surface area contributed by atoms with E-state index in [1.807, 2.05) is 20.8 Å². The van der Waals surface area contributed by atoms with E-state index < -0.39 is 52.3 Å². The van der Waals surface area contributed by atoms with Crippen molar-refractivity contribution in [3.8, 4) is 6.07 Å². The Balaban J connectivity index is 1.93. The first-order valence-electron chi connectivity index (χ1n) is 12.6. The maximum absolute atomic E-state index is 15.7. The van der Waals surface area contributed by atoms with Crippen molar-refractivity contribution in [1.82, 2.24) is 5.32 Å². The molecule has 41 heavy (non-hydrogen) atoms. The highest BCUT2D eigenvalue weighted by molar-refractivity contribution is 6.34. The van der Waals surface area contributed by atoms with Crippen LogP contribution in [-0.2, 0) is 10.2 Å². The molecule has 1 saturated heterocycles. The zero-order valence-corrected chi connectivity index (χ0v) is 24.5. The molecular formula is C30H26Cl3F2N3O3. The molecule has 0 radical (unpaired) electrons. The van der Waals surface area contributed by atoms with Gasteiger partial charge in [-0.2, -0.15) is 5.26 Å². The van der Waals surface area contributed by atoms with Gasteiger partial charge in [-0.25, -0.2) is 13.6 Å². The normalized spacial score (nSPS) is 22.3. The van der Waals surface area contributed by atoms with E-state index in [9.17, 15) is 20.0 Å². The van der Waals surface area contributed by atoms with Gasteiger partial charge in [-0.05, 0) is 53.8 Å². The summed E-state index contributed by atoms with van der Waals surface area (Å²) in [6.45, 7) is 5.80. The van der Waals surface area contributed by atoms with E-state index in [0.717, 1.165) is 6.07 Å². The molecule has 214 valence electrons. The number of aromatic carboxylic acids is 1. The molecule has 1 aliphatic heterocycles. The first-order valence-corrected chi connectivity index (χ1v) is 13.7. The molecule has 1 fully saturated rings. The molecule has 11 heteroatoms. The highest BCUT2D eigenvalue weighted by Gasteiger charge is 2.61. The SMILES string of the molecule is CC(C)(C)CC1NC(C(=O)Nc2ccc(C(=O)O)c(Cl)c2)C(c2cccc(Cl)c2F)C1(C#N)c1ccc(Cl)cc1F. The van der Waals surface area contributed by atoms with Crippen LogP contribution in [0, 0.1) is 28.4 Å².